The van der Waals surface area contributed by atoms with Gasteiger partial charge in [-0.25, -0.2) is 0 Å². The van der Waals surface area contributed by atoms with Crippen molar-refractivity contribution in [2.75, 3.05) is 18.2 Å². The summed E-state index contributed by atoms with van der Waals surface area (Å²) in [4.78, 5) is 13.0. The van der Waals surface area contributed by atoms with Crippen LogP contribution in [0.25, 0.3) is 0 Å². The van der Waals surface area contributed by atoms with Crippen LogP contribution in [0.15, 0.2) is 63.9 Å². The first-order valence-electron chi connectivity index (χ1n) is 7.66. The van der Waals surface area contributed by atoms with Crippen LogP contribution in [0, 0.1) is 0 Å². The lowest BCUT2D eigenvalue weighted by Gasteiger charge is -2.03. The lowest BCUT2D eigenvalue weighted by atomic mass is 10.2. The quantitative estimate of drug-likeness (QED) is 0.655. The Morgan fingerprint density at radius 3 is 2.60 bits per heavy atom. The third-order valence-corrected chi connectivity index (χ3v) is 4.35. The van der Waals surface area contributed by atoms with Crippen molar-refractivity contribution in [3.05, 3.63) is 66.1 Å². The van der Waals surface area contributed by atoms with E-state index in [4.69, 9.17) is 9.15 Å². The van der Waals surface area contributed by atoms with Crippen molar-refractivity contribution < 1.29 is 13.9 Å². The largest absolute Gasteiger partial charge is 0.497 e. The number of nitrogens with zero attached hydrogens (tertiary/aromatic N) is 2. The Labute approximate surface area is 149 Å². The van der Waals surface area contributed by atoms with E-state index >= 15 is 0 Å². The summed E-state index contributed by atoms with van der Waals surface area (Å²) < 4.78 is 10.6. The molecule has 6 nitrogen and oxygen atoms in total. The number of nitrogens with one attached hydrogen (secondary N) is 1. The summed E-state index contributed by atoms with van der Waals surface area (Å²) in [5.41, 5.74) is 1.07. The summed E-state index contributed by atoms with van der Waals surface area (Å²) in [6.45, 7) is 0. The molecule has 0 aliphatic rings. The predicted molar refractivity (Wildman–Crippen MR) is 95.9 cm³/mol. The number of amides is 1. The van der Waals surface area contributed by atoms with Crippen molar-refractivity contribution in [1.82, 2.24) is 10.2 Å². The number of rotatable bonds is 7. The van der Waals surface area contributed by atoms with Crippen LogP contribution < -0.4 is 10.1 Å². The van der Waals surface area contributed by atoms with E-state index in [9.17, 15) is 4.79 Å². The summed E-state index contributed by atoms with van der Waals surface area (Å²) in [7, 11) is 1.62. The monoisotopic (exact) mass is 355 g/mol. The molecule has 0 saturated heterocycles. The van der Waals surface area contributed by atoms with Gasteiger partial charge in [0.05, 0.1) is 19.3 Å². The molecule has 0 aliphatic carbocycles. The molecule has 2 aromatic carbocycles. The lowest BCUT2D eigenvalue weighted by Crippen LogP contribution is -2.14. The van der Waals surface area contributed by atoms with Crippen molar-refractivity contribution >= 4 is 23.7 Å². The van der Waals surface area contributed by atoms with Gasteiger partial charge in [0.2, 0.25) is 11.8 Å². The Morgan fingerprint density at radius 1 is 1.12 bits per heavy atom. The van der Waals surface area contributed by atoms with Crippen molar-refractivity contribution in [2.24, 2.45) is 0 Å². The molecular formula is C18H17N3O3S. The average Bonchev–Trinajstić information content (AvgIpc) is 3.08. The molecule has 7 heteroatoms. The number of anilines is 1. The van der Waals surface area contributed by atoms with Crippen LogP contribution >= 0.6 is 11.8 Å². The average molecular weight is 355 g/mol. The van der Waals surface area contributed by atoms with E-state index in [1.807, 2.05) is 54.6 Å². The number of carbonyl (C=O) groups is 1. The first-order valence-corrected chi connectivity index (χ1v) is 8.64. The summed E-state index contributed by atoms with van der Waals surface area (Å²) in [5, 5.41) is 10.4. The third kappa shape index (κ3) is 5.09. The fraction of sp³-hybridized carbons (Fsp3) is 0.167. The molecule has 0 radical (unpaired) electrons. The highest BCUT2D eigenvalue weighted by Gasteiger charge is 2.10. The van der Waals surface area contributed by atoms with Crippen molar-refractivity contribution in [2.45, 2.75) is 11.3 Å². The zero-order valence-electron chi connectivity index (χ0n) is 13.6. The number of hydrogen-bond acceptors (Lipinski definition) is 6. The first kappa shape index (κ1) is 17.0. The van der Waals surface area contributed by atoms with Gasteiger partial charge < -0.3 is 9.15 Å². The molecule has 3 rings (SSSR count). The molecule has 0 spiro atoms. The topological polar surface area (TPSA) is 77.2 Å². The molecule has 0 aliphatic heterocycles. The van der Waals surface area contributed by atoms with Gasteiger partial charge in [-0.05, 0) is 29.8 Å². The standard InChI is InChI=1S/C18H17N3O3S/c1-23-14-7-9-15(10-8-14)25-12-16(22)19-18-21-20-17(24-18)11-13-5-3-2-4-6-13/h2-10H,11-12H2,1H3,(H,19,21,22). The van der Waals surface area contributed by atoms with Crippen LogP contribution in [-0.4, -0.2) is 29.0 Å². The summed E-state index contributed by atoms with van der Waals surface area (Å²) in [6.07, 6.45) is 0.532. The molecule has 3 aromatic rings. The molecule has 0 saturated carbocycles. The molecule has 0 unspecified atom stereocenters. The zero-order chi connectivity index (χ0) is 17.5. The van der Waals surface area contributed by atoms with Gasteiger partial charge in [0.25, 0.3) is 0 Å². The van der Waals surface area contributed by atoms with E-state index in [1.54, 1.807) is 7.11 Å². The maximum Gasteiger partial charge on any atom is 0.322 e. The maximum atomic E-state index is 12.0. The minimum Gasteiger partial charge on any atom is -0.497 e. The van der Waals surface area contributed by atoms with Gasteiger partial charge in [0, 0.05) is 4.90 Å². The highest BCUT2D eigenvalue weighted by Crippen LogP contribution is 2.21. The SMILES string of the molecule is COc1ccc(SCC(=O)Nc2nnc(Cc3ccccc3)o2)cc1. The van der Waals surface area contributed by atoms with Gasteiger partial charge in [0.1, 0.15) is 5.75 Å². The van der Waals surface area contributed by atoms with Crippen LogP contribution in [0.2, 0.25) is 0 Å². The van der Waals surface area contributed by atoms with E-state index in [0.717, 1.165) is 16.2 Å². The molecule has 1 N–H and O–H groups in total. The van der Waals surface area contributed by atoms with Crippen molar-refractivity contribution in [1.29, 1.82) is 0 Å². The Hall–Kier alpha value is -2.80. The molecular weight excluding hydrogens is 338 g/mol. The van der Waals surface area contributed by atoms with Crippen LogP contribution in [0.1, 0.15) is 11.5 Å². The first-order chi connectivity index (χ1) is 12.2. The van der Waals surface area contributed by atoms with Crippen molar-refractivity contribution in [3.8, 4) is 5.75 Å². The van der Waals surface area contributed by atoms with Crippen LogP contribution in [0.5, 0.6) is 5.75 Å². The number of carbonyl (C=O) groups excluding carboxylic acids is 1. The number of ether oxygens (including phenoxy) is 1. The molecule has 1 amide bonds. The number of aromatic nitrogens is 2. The number of hydrogen-bond donors (Lipinski definition) is 1. The van der Waals surface area contributed by atoms with E-state index in [0.29, 0.717) is 12.3 Å². The fourth-order valence-corrected chi connectivity index (χ4v) is 2.82. The van der Waals surface area contributed by atoms with Crippen LogP contribution in [-0.2, 0) is 11.2 Å². The summed E-state index contributed by atoms with van der Waals surface area (Å²) >= 11 is 1.42. The van der Waals surface area contributed by atoms with Crippen LogP contribution in [0.4, 0.5) is 6.01 Å². The Morgan fingerprint density at radius 2 is 1.88 bits per heavy atom. The molecule has 0 bridgehead atoms. The van der Waals surface area contributed by atoms with Gasteiger partial charge in [-0.15, -0.1) is 16.9 Å². The van der Waals surface area contributed by atoms with Gasteiger partial charge in [0.15, 0.2) is 0 Å². The second-order valence-corrected chi connectivity index (χ2v) is 6.22. The van der Waals surface area contributed by atoms with Crippen molar-refractivity contribution in [3.63, 3.8) is 0 Å². The lowest BCUT2D eigenvalue weighted by molar-refractivity contribution is -0.113. The summed E-state index contributed by atoms with van der Waals surface area (Å²) in [5.74, 6) is 1.30. The zero-order valence-corrected chi connectivity index (χ0v) is 14.5. The number of thioether (sulfide) groups is 1. The Bertz CT molecular complexity index is 819. The smallest absolute Gasteiger partial charge is 0.322 e. The minimum absolute atomic E-state index is 0.117. The van der Waals surface area contributed by atoms with Gasteiger partial charge in [-0.3, -0.25) is 10.1 Å². The molecule has 0 fully saturated rings. The molecule has 0 atom stereocenters. The van der Waals surface area contributed by atoms with Gasteiger partial charge in [-0.2, -0.15) is 0 Å². The van der Waals surface area contributed by atoms with E-state index in [2.05, 4.69) is 15.5 Å². The second-order valence-electron chi connectivity index (χ2n) is 5.18. The molecule has 1 aromatic heterocycles. The fourth-order valence-electron chi connectivity index (χ4n) is 2.12. The maximum absolute atomic E-state index is 12.0. The third-order valence-electron chi connectivity index (χ3n) is 3.34. The number of methoxy groups -OCH3 is 1. The highest BCUT2D eigenvalue weighted by molar-refractivity contribution is 8.00. The normalized spacial score (nSPS) is 10.4. The van der Waals surface area contributed by atoms with E-state index in [1.165, 1.54) is 11.8 Å². The number of benzene rings is 2. The minimum atomic E-state index is -0.198. The van der Waals surface area contributed by atoms with Gasteiger partial charge >= 0.3 is 6.01 Å². The highest BCUT2D eigenvalue weighted by atomic mass is 32.2. The Balaban J connectivity index is 1.49. The molecule has 25 heavy (non-hydrogen) atoms. The van der Waals surface area contributed by atoms with Gasteiger partial charge in [-0.1, -0.05) is 35.4 Å². The molecule has 128 valence electrons. The van der Waals surface area contributed by atoms with Crippen LogP contribution in [0.3, 0.4) is 0 Å². The predicted octanol–water partition coefficient (Wildman–Crippen LogP) is 3.40. The van der Waals surface area contributed by atoms with E-state index in [-0.39, 0.29) is 17.7 Å². The molecule has 1 heterocycles. The van der Waals surface area contributed by atoms with E-state index < -0.39 is 0 Å². The summed E-state index contributed by atoms with van der Waals surface area (Å²) in [6, 6.07) is 17.4. The second kappa shape index (κ2) is 8.34. The Kier molecular flexibility index (Phi) is 5.69.